The monoisotopic (exact) mass is 424 g/mol. The maximum atomic E-state index is 12.7. The number of esters is 1. The molecule has 1 fully saturated rings. The Balaban J connectivity index is 1.37. The third kappa shape index (κ3) is 4.41. The molecule has 1 unspecified atom stereocenters. The van der Waals surface area contributed by atoms with Crippen molar-refractivity contribution >= 4 is 29.4 Å². The number of aromatic hydroxyl groups is 1. The highest BCUT2D eigenvalue weighted by atomic mass is 16.5. The molecule has 0 radical (unpaired) electrons. The number of anilines is 1. The predicted molar refractivity (Wildman–Crippen MR) is 108 cm³/mol. The average Bonchev–Trinajstić information content (AvgIpc) is 3.36. The molecule has 4 rings (SSSR count). The number of hydrogen-bond donors (Lipinski definition) is 2. The fraction of sp³-hybridized carbons (Fsp3) is 0.273. The number of fused-ring (bicyclic) bond motifs is 1. The molecule has 0 saturated carbocycles. The minimum Gasteiger partial charge on any atom is -0.508 e. The molecule has 0 aliphatic carbocycles. The van der Waals surface area contributed by atoms with Gasteiger partial charge in [-0.05, 0) is 55.3 Å². The van der Waals surface area contributed by atoms with Crippen molar-refractivity contribution in [3.8, 4) is 5.75 Å². The van der Waals surface area contributed by atoms with Crippen molar-refractivity contribution in [1.29, 1.82) is 0 Å². The number of carbonyl (C=O) groups is 4. The Bertz CT molecular complexity index is 1040. The van der Waals surface area contributed by atoms with E-state index in [1.54, 1.807) is 0 Å². The second-order valence-corrected chi connectivity index (χ2v) is 7.29. The van der Waals surface area contributed by atoms with Gasteiger partial charge in [0.25, 0.3) is 17.7 Å². The van der Waals surface area contributed by atoms with Gasteiger partial charge in [0.15, 0.2) is 6.61 Å². The van der Waals surface area contributed by atoms with Crippen LogP contribution in [0.5, 0.6) is 5.75 Å². The van der Waals surface area contributed by atoms with E-state index in [-0.39, 0.29) is 35.1 Å². The van der Waals surface area contributed by atoms with E-state index in [4.69, 9.17) is 9.47 Å². The van der Waals surface area contributed by atoms with Gasteiger partial charge in [0.05, 0.1) is 29.3 Å². The van der Waals surface area contributed by atoms with Gasteiger partial charge < -0.3 is 19.9 Å². The van der Waals surface area contributed by atoms with E-state index in [0.717, 1.165) is 17.7 Å². The zero-order valence-electron chi connectivity index (χ0n) is 16.5. The summed E-state index contributed by atoms with van der Waals surface area (Å²) >= 11 is 0. The van der Waals surface area contributed by atoms with Crippen molar-refractivity contribution in [3.63, 3.8) is 0 Å². The molecule has 160 valence electrons. The Hall–Kier alpha value is -3.72. The largest absolute Gasteiger partial charge is 0.508 e. The fourth-order valence-corrected chi connectivity index (χ4v) is 3.53. The molecule has 31 heavy (non-hydrogen) atoms. The Morgan fingerprint density at radius 3 is 2.55 bits per heavy atom. The minimum atomic E-state index is -0.790. The highest BCUT2D eigenvalue weighted by Crippen LogP contribution is 2.26. The topological polar surface area (TPSA) is 122 Å². The van der Waals surface area contributed by atoms with Crippen molar-refractivity contribution in [3.05, 3.63) is 59.2 Å². The SMILES string of the molecule is O=C(COC(=O)c1ccc2c(c1)C(=O)N(CC1CCCO1)C2=O)Nc1ccc(O)cc1. The van der Waals surface area contributed by atoms with E-state index in [0.29, 0.717) is 12.3 Å². The van der Waals surface area contributed by atoms with Crippen LogP contribution in [0.3, 0.4) is 0 Å². The second-order valence-electron chi connectivity index (χ2n) is 7.29. The number of nitrogens with zero attached hydrogens (tertiary/aromatic N) is 1. The van der Waals surface area contributed by atoms with Crippen molar-refractivity contribution in [2.45, 2.75) is 18.9 Å². The van der Waals surface area contributed by atoms with E-state index in [9.17, 15) is 24.3 Å². The third-order valence-corrected chi connectivity index (χ3v) is 5.10. The number of rotatable bonds is 6. The molecule has 2 aromatic rings. The first-order valence-electron chi connectivity index (χ1n) is 9.80. The van der Waals surface area contributed by atoms with Crippen LogP contribution in [0.15, 0.2) is 42.5 Å². The number of nitrogens with one attached hydrogen (secondary N) is 1. The van der Waals surface area contributed by atoms with Crippen molar-refractivity contribution in [2.24, 2.45) is 0 Å². The van der Waals surface area contributed by atoms with Gasteiger partial charge in [-0.1, -0.05) is 0 Å². The Morgan fingerprint density at radius 1 is 1.10 bits per heavy atom. The summed E-state index contributed by atoms with van der Waals surface area (Å²) < 4.78 is 10.5. The Kier molecular flexibility index (Phi) is 5.68. The molecule has 0 aromatic heterocycles. The highest BCUT2D eigenvalue weighted by Gasteiger charge is 2.38. The number of benzene rings is 2. The lowest BCUT2D eigenvalue weighted by Gasteiger charge is -2.17. The quantitative estimate of drug-likeness (QED) is 0.413. The summed E-state index contributed by atoms with van der Waals surface area (Å²) in [6, 6.07) is 9.93. The zero-order chi connectivity index (χ0) is 22.0. The van der Waals surface area contributed by atoms with E-state index in [2.05, 4.69) is 5.32 Å². The number of ether oxygens (including phenoxy) is 2. The molecule has 9 heteroatoms. The summed E-state index contributed by atoms with van der Waals surface area (Å²) in [5, 5.41) is 11.8. The first kappa shape index (κ1) is 20.5. The van der Waals surface area contributed by atoms with Gasteiger partial charge in [0.1, 0.15) is 5.75 Å². The van der Waals surface area contributed by atoms with Gasteiger partial charge >= 0.3 is 5.97 Å². The van der Waals surface area contributed by atoms with Crippen molar-refractivity contribution in [2.75, 3.05) is 25.1 Å². The summed E-state index contributed by atoms with van der Waals surface area (Å²) in [5.74, 6) is -2.18. The van der Waals surface area contributed by atoms with Crippen LogP contribution in [0, 0.1) is 0 Å². The fourth-order valence-electron chi connectivity index (χ4n) is 3.53. The molecule has 2 N–H and O–H groups in total. The van der Waals surface area contributed by atoms with Gasteiger partial charge in [-0.25, -0.2) is 4.79 Å². The summed E-state index contributed by atoms with van der Waals surface area (Å²) in [6.07, 6.45) is 1.51. The smallest absolute Gasteiger partial charge is 0.338 e. The maximum absolute atomic E-state index is 12.7. The lowest BCUT2D eigenvalue weighted by molar-refractivity contribution is -0.119. The predicted octanol–water partition coefficient (Wildman–Crippen LogP) is 1.96. The van der Waals surface area contributed by atoms with Crippen LogP contribution < -0.4 is 5.32 Å². The normalized spacial score (nSPS) is 17.5. The van der Waals surface area contributed by atoms with Gasteiger partial charge in [0.2, 0.25) is 0 Å². The first-order valence-corrected chi connectivity index (χ1v) is 9.80. The lowest BCUT2D eigenvalue weighted by Crippen LogP contribution is -2.36. The second kappa shape index (κ2) is 8.57. The zero-order valence-corrected chi connectivity index (χ0v) is 16.5. The summed E-state index contributed by atoms with van der Waals surface area (Å²) in [5.41, 5.74) is 0.860. The molecule has 3 amide bonds. The summed E-state index contributed by atoms with van der Waals surface area (Å²) in [7, 11) is 0. The number of amides is 3. The Labute approximate surface area is 177 Å². The number of phenolic OH excluding ortho intramolecular Hbond substituents is 1. The molecular weight excluding hydrogens is 404 g/mol. The number of carbonyl (C=O) groups excluding carboxylic acids is 4. The van der Waals surface area contributed by atoms with Gasteiger partial charge in [0, 0.05) is 12.3 Å². The third-order valence-electron chi connectivity index (χ3n) is 5.10. The molecule has 2 aromatic carbocycles. The summed E-state index contributed by atoms with van der Waals surface area (Å²) in [4.78, 5) is 50.7. The minimum absolute atomic E-state index is 0.0587. The van der Waals surface area contributed by atoms with Crippen LogP contribution in [-0.2, 0) is 14.3 Å². The lowest BCUT2D eigenvalue weighted by atomic mass is 10.1. The number of hydrogen-bond acceptors (Lipinski definition) is 7. The molecule has 0 bridgehead atoms. The molecular formula is C22H20N2O7. The van der Waals surface area contributed by atoms with Crippen molar-refractivity contribution < 1.29 is 33.8 Å². The van der Waals surface area contributed by atoms with Crippen LogP contribution in [0.25, 0.3) is 0 Å². The molecule has 0 spiro atoms. The van der Waals surface area contributed by atoms with Crippen LogP contribution in [0.4, 0.5) is 5.69 Å². The average molecular weight is 424 g/mol. The van der Waals surface area contributed by atoms with E-state index in [1.165, 1.54) is 42.5 Å². The van der Waals surface area contributed by atoms with E-state index < -0.39 is 30.3 Å². The molecule has 1 saturated heterocycles. The molecule has 1 atom stereocenters. The van der Waals surface area contributed by atoms with Gasteiger partial charge in [-0.15, -0.1) is 0 Å². The molecule has 2 aliphatic heterocycles. The van der Waals surface area contributed by atoms with Crippen LogP contribution in [-0.4, -0.2) is 59.6 Å². The first-order chi connectivity index (χ1) is 14.9. The van der Waals surface area contributed by atoms with Crippen LogP contribution in [0.2, 0.25) is 0 Å². The van der Waals surface area contributed by atoms with Gasteiger partial charge in [-0.3, -0.25) is 19.3 Å². The molecule has 2 heterocycles. The standard InChI is InChI=1S/C22H20N2O7/c25-15-6-4-14(5-7-15)23-19(26)12-31-22(29)13-3-8-17-18(10-13)21(28)24(20(17)27)11-16-2-1-9-30-16/h3-8,10,16,25H,1-2,9,11-12H2,(H,23,26). The van der Waals surface area contributed by atoms with E-state index in [1.807, 2.05) is 0 Å². The molecule has 2 aliphatic rings. The van der Waals surface area contributed by atoms with Crippen LogP contribution in [0.1, 0.15) is 43.9 Å². The highest BCUT2D eigenvalue weighted by molar-refractivity contribution is 6.22. The van der Waals surface area contributed by atoms with Gasteiger partial charge in [-0.2, -0.15) is 0 Å². The Morgan fingerprint density at radius 2 is 1.84 bits per heavy atom. The van der Waals surface area contributed by atoms with E-state index >= 15 is 0 Å². The number of phenols is 1. The summed E-state index contributed by atoms with van der Waals surface area (Å²) in [6.45, 7) is 0.266. The molecule has 9 nitrogen and oxygen atoms in total. The maximum Gasteiger partial charge on any atom is 0.338 e. The number of imide groups is 1. The van der Waals surface area contributed by atoms with Crippen molar-refractivity contribution in [1.82, 2.24) is 4.90 Å². The van der Waals surface area contributed by atoms with Crippen LogP contribution >= 0.6 is 0 Å².